The standard InChI is InChI=1S/C13H16N2O/c1-14(2)13(16)8-10-9-15(3)12-7-5-4-6-11(10)12/h4-7,9H,8H2,1-3H3. The van der Waals surface area contributed by atoms with Crippen molar-refractivity contribution in [1.29, 1.82) is 0 Å². The maximum atomic E-state index is 11.7. The minimum atomic E-state index is 0.136. The summed E-state index contributed by atoms with van der Waals surface area (Å²) in [5.74, 6) is 0.136. The second-order valence-electron chi connectivity index (χ2n) is 4.25. The number of rotatable bonds is 2. The van der Waals surface area contributed by atoms with Crippen molar-refractivity contribution >= 4 is 16.8 Å². The van der Waals surface area contributed by atoms with E-state index in [0.717, 1.165) is 5.56 Å². The van der Waals surface area contributed by atoms with E-state index in [1.165, 1.54) is 10.9 Å². The fourth-order valence-corrected chi connectivity index (χ4v) is 1.89. The largest absolute Gasteiger partial charge is 0.350 e. The van der Waals surface area contributed by atoms with Gasteiger partial charge in [0.2, 0.25) is 5.91 Å². The van der Waals surface area contributed by atoms with Gasteiger partial charge in [0.05, 0.1) is 6.42 Å². The van der Waals surface area contributed by atoms with Crippen molar-refractivity contribution in [3.05, 3.63) is 36.0 Å². The smallest absolute Gasteiger partial charge is 0.226 e. The molecular formula is C13H16N2O. The Morgan fingerprint density at radius 3 is 2.69 bits per heavy atom. The molecule has 0 aliphatic carbocycles. The topological polar surface area (TPSA) is 25.2 Å². The molecule has 0 radical (unpaired) electrons. The van der Waals surface area contributed by atoms with Crippen LogP contribution in [-0.4, -0.2) is 29.5 Å². The van der Waals surface area contributed by atoms with Gasteiger partial charge in [0.15, 0.2) is 0 Å². The SMILES string of the molecule is CN(C)C(=O)Cc1cn(C)c2ccccc12. The monoisotopic (exact) mass is 216 g/mol. The first kappa shape index (κ1) is 10.7. The highest BCUT2D eigenvalue weighted by molar-refractivity contribution is 5.89. The third-order valence-electron chi connectivity index (χ3n) is 2.82. The number of carbonyl (C=O) groups is 1. The summed E-state index contributed by atoms with van der Waals surface area (Å²) in [6, 6.07) is 8.15. The van der Waals surface area contributed by atoms with Gasteiger partial charge in [-0.25, -0.2) is 0 Å². The summed E-state index contributed by atoms with van der Waals surface area (Å²) < 4.78 is 2.06. The van der Waals surface area contributed by atoms with Gasteiger partial charge >= 0.3 is 0 Å². The van der Waals surface area contributed by atoms with Crippen LogP contribution in [0.5, 0.6) is 0 Å². The highest BCUT2D eigenvalue weighted by Gasteiger charge is 2.11. The number of aryl methyl sites for hydroxylation is 1. The quantitative estimate of drug-likeness (QED) is 0.751. The van der Waals surface area contributed by atoms with Crippen LogP contribution in [0.2, 0.25) is 0 Å². The summed E-state index contributed by atoms with van der Waals surface area (Å²) in [4.78, 5) is 13.3. The summed E-state index contributed by atoms with van der Waals surface area (Å²) in [7, 11) is 5.58. The van der Waals surface area contributed by atoms with Crippen molar-refractivity contribution in [1.82, 2.24) is 9.47 Å². The highest BCUT2D eigenvalue weighted by atomic mass is 16.2. The van der Waals surface area contributed by atoms with Crippen molar-refractivity contribution in [2.45, 2.75) is 6.42 Å². The number of fused-ring (bicyclic) bond motifs is 1. The molecule has 0 saturated heterocycles. The van der Waals surface area contributed by atoms with Crippen LogP contribution in [0.3, 0.4) is 0 Å². The number of hydrogen-bond acceptors (Lipinski definition) is 1. The van der Waals surface area contributed by atoms with Crippen molar-refractivity contribution in [2.75, 3.05) is 14.1 Å². The lowest BCUT2D eigenvalue weighted by Gasteiger charge is -2.08. The van der Waals surface area contributed by atoms with Gasteiger partial charge in [0, 0.05) is 38.2 Å². The Balaban J connectivity index is 2.42. The molecule has 0 fully saturated rings. The number of amides is 1. The summed E-state index contributed by atoms with van der Waals surface area (Å²) in [6.07, 6.45) is 2.50. The maximum Gasteiger partial charge on any atom is 0.226 e. The molecule has 1 amide bonds. The molecule has 0 aliphatic rings. The zero-order chi connectivity index (χ0) is 11.7. The molecule has 0 atom stereocenters. The van der Waals surface area contributed by atoms with Crippen LogP contribution in [0, 0.1) is 0 Å². The molecule has 0 saturated carbocycles. The van der Waals surface area contributed by atoms with E-state index >= 15 is 0 Å². The third kappa shape index (κ3) is 1.81. The van der Waals surface area contributed by atoms with E-state index < -0.39 is 0 Å². The average molecular weight is 216 g/mol. The Morgan fingerprint density at radius 1 is 1.31 bits per heavy atom. The van der Waals surface area contributed by atoms with Crippen molar-refractivity contribution < 1.29 is 4.79 Å². The van der Waals surface area contributed by atoms with Crippen molar-refractivity contribution in [3.63, 3.8) is 0 Å². The molecule has 3 heteroatoms. The van der Waals surface area contributed by atoms with Crippen molar-refractivity contribution in [3.8, 4) is 0 Å². The Morgan fingerprint density at radius 2 is 2.00 bits per heavy atom. The van der Waals surface area contributed by atoms with Crippen LogP contribution in [-0.2, 0) is 18.3 Å². The number of hydrogen-bond donors (Lipinski definition) is 0. The molecule has 1 aromatic heterocycles. The van der Waals surface area contributed by atoms with Gasteiger partial charge in [-0.3, -0.25) is 4.79 Å². The number of carbonyl (C=O) groups excluding carboxylic acids is 1. The van der Waals surface area contributed by atoms with Crippen LogP contribution in [0.25, 0.3) is 10.9 Å². The maximum absolute atomic E-state index is 11.7. The van der Waals surface area contributed by atoms with Crippen LogP contribution < -0.4 is 0 Å². The van der Waals surface area contributed by atoms with Gasteiger partial charge in [-0.05, 0) is 11.6 Å². The van der Waals surface area contributed by atoms with Crippen LogP contribution in [0.1, 0.15) is 5.56 Å². The van der Waals surface area contributed by atoms with E-state index in [-0.39, 0.29) is 5.91 Å². The Hall–Kier alpha value is -1.77. The van der Waals surface area contributed by atoms with Gasteiger partial charge in [-0.2, -0.15) is 0 Å². The second-order valence-corrected chi connectivity index (χ2v) is 4.25. The zero-order valence-electron chi connectivity index (χ0n) is 9.90. The minimum Gasteiger partial charge on any atom is -0.350 e. The van der Waals surface area contributed by atoms with Gasteiger partial charge in [-0.1, -0.05) is 18.2 Å². The highest BCUT2D eigenvalue weighted by Crippen LogP contribution is 2.20. The van der Waals surface area contributed by atoms with Gasteiger partial charge in [-0.15, -0.1) is 0 Å². The Labute approximate surface area is 95.3 Å². The predicted molar refractivity (Wildman–Crippen MR) is 65.3 cm³/mol. The lowest BCUT2D eigenvalue weighted by atomic mass is 10.1. The Bertz CT molecular complexity index is 526. The number of likely N-dealkylation sites (N-methyl/N-ethyl adjacent to an activating group) is 1. The van der Waals surface area contributed by atoms with E-state index in [0.29, 0.717) is 6.42 Å². The number of benzene rings is 1. The van der Waals surface area contributed by atoms with E-state index in [1.807, 2.05) is 25.4 Å². The number of para-hydroxylation sites is 1. The molecule has 16 heavy (non-hydrogen) atoms. The molecule has 0 bridgehead atoms. The van der Waals surface area contributed by atoms with Gasteiger partial charge in [0.1, 0.15) is 0 Å². The third-order valence-corrected chi connectivity index (χ3v) is 2.82. The average Bonchev–Trinajstić information content (AvgIpc) is 2.57. The molecule has 0 aliphatic heterocycles. The molecule has 3 nitrogen and oxygen atoms in total. The second kappa shape index (κ2) is 4.00. The van der Waals surface area contributed by atoms with Gasteiger partial charge in [0.25, 0.3) is 0 Å². The molecule has 0 spiro atoms. The van der Waals surface area contributed by atoms with E-state index in [9.17, 15) is 4.79 Å². The summed E-state index contributed by atoms with van der Waals surface area (Å²) in [5, 5.41) is 1.17. The molecule has 1 aromatic carbocycles. The molecule has 2 rings (SSSR count). The first-order chi connectivity index (χ1) is 7.59. The normalized spacial score (nSPS) is 10.7. The summed E-state index contributed by atoms with van der Waals surface area (Å²) in [5.41, 5.74) is 2.26. The fourth-order valence-electron chi connectivity index (χ4n) is 1.89. The lowest BCUT2D eigenvalue weighted by Crippen LogP contribution is -2.23. The predicted octanol–water partition coefficient (Wildman–Crippen LogP) is 1.81. The molecule has 1 heterocycles. The first-order valence-corrected chi connectivity index (χ1v) is 5.32. The van der Waals surface area contributed by atoms with Crippen LogP contribution in [0.4, 0.5) is 0 Å². The van der Waals surface area contributed by atoms with Crippen LogP contribution in [0.15, 0.2) is 30.5 Å². The fraction of sp³-hybridized carbons (Fsp3) is 0.308. The van der Waals surface area contributed by atoms with E-state index in [2.05, 4.69) is 16.7 Å². The minimum absolute atomic E-state index is 0.136. The Kier molecular flexibility index (Phi) is 2.69. The molecular weight excluding hydrogens is 200 g/mol. The lowest BCUT2D eigenvalue weighted by molar-refractivity contribution is -0.127. The number of nitrogens with zero attached hydrogens (tertiary/aromatic N) is 2. The van der Waals surface area contributed by atoms with E-state index in [4.69, 9.17) is 0 Å². The molecule has 84 valence electrons. The van der Waals surface area contributed by atoms with Gasteiger partial charge < -0.3 is 9.47 Å². The molecule has 0 unspecified atom stereocenters. The van der Waals surface area contributed by atoms with E-state index in [1.54, 1.807) is 19.0 Å². The molecule has 2 aromatic rings. The number of aromatic nitrogens is 1. The first-order valence-electron chi connectivity index (χ1n) is 5.32. The zero-order valence-corrected chi connectivity index (χ0v) is 9.90. The molecule has 0 N–H and O–H groups in total. The summed E-state index contributed by atoms with van der Waals surface area (Å²) in [6.45, 7) is 0. The van der Waals surface area contributed by atoms with Crippen LogP contribution >= 0.6 is 0 Å². The summed E-state index contributed by atoms with van der Waals surface area (Å²) >= 11 is 0. The van der Waals surface area contributed by atoms with Crippen molar-refractivity contribution in [2.24, 2.45) is 7.05 Å².